The molecule has 0 aliphatic rings. The molecular weight excluding hydrogens is 290 g/mol. The van der Waals surface area contributed by atoms with Crippen molar-refractivity contribution < 1.29 is 5.11 Å². The summed E-state index contributed by atoms with van der Waals surface area (Å²) in [5.41, 5.74) is 4.47. The minimum atomic E-state index is 0.0958. The van der Waals surface area contributed by atoms with E-state index in [0.717, 1.165) is 22.3 Å². The van der Waals surface area contributed by atoms with Crippen molar-refractivity contribution in [2.24, 2.45) is 0 Å². The zero-order valence-electron chi connectivity index (χ0n) is 10.3. The number of aliphatic hydroxyl groups excluding tert-OH is 1. The Hall–Kier alpha value is -1.32. The SMILES string of the molecule is Cc1cc(Br)cc(NCc2ccc(CO)cc2)c1. The van der Waals surface area contributed by atoms with E-state index in [0.29, 0.717) is 0 Å². The highest BCUT2D eigenvalue weighted by atomic mass is 79.9. The highest BCUT2D eigenvalue weighted by Crippen LogP contribution is 2.19. The third kappa shape index (κ3) is 3.59. The van der Waals surface area contributed by atoms with E-state index in [2.05, 4.69) is 46.4 Å². The van der Waals surface area contributed by atoms with Crippen LogP contribution in [0.2, 0.25) is 0 Å². The van der Waals surface area contributed by atoms with Crippen LogP contribution in [0.1, 0.15) is 16.7 Å². The van der Waals surface area contributed by atoms with Gasteiger partial charge in [0.25, 0.3) is 0 Å². The van der Waals surface area contributed by atoms with Crippen LogP contribution < -0.4 is 5.32 Å². The van der Waals surface area contributed by atoms with Crippen molar-refractivity contribution in [3.8, 4) is 0 Å². The van der Waals surface area contributed by atoms with Crippen LogP contribution in [0.15, 0.2) is 46.9 Å². The second kappa shape index (κ2) is 6.03. The Balaban J connectivity index is 2.01. The van der Waals surface area contributed by atoms with E-state index in [1.165, 1.54) is 11.1 Å². The predicted molar refractivity (Wildman–Crippen MR) is 78.6 cm³/mol. The van der Waals surface area contributed by atoms with Gasteiger partial charge in [-0.25, -0.2) is 0 Å². The van der Waals surface area contributed by atoms with E-state index < -0.39 is 0 Å². The van der Waals surface area contributed by atoms with E-state index in [9.17, 15) is 0 Å². The lowest BCUT2D eigenvalue weighted by Crippen LogP contribution is -1.99. The number of rotatable bonds is 4. The van der Waals surface area contributed by atoms with Gasteiger partial charge in [0, 0.05) is 16.7 Å². The Kier molecular flexibility index (Phi) is 4.39. The molecule has 0 saturated carbocycles. The summed E-state index contributed by atoms with van der Waals surface area (Å²) >= 11 is 3.49. The first-order valence-corrected chi connectivity index (χ1v) is 6.66. The van der Waals surface area contributed by atoms with Gasteiger partial charge in [-0.05, 0) is 41.8 Å². The van der Waals surface area contributed by atoms with Crippen molar-refractivity contribution in [2.45, 2.75) is 20.1 Å². The average molecular weight is 306 g/mol. The lowest BCUT2D eigenvalue weighted by molar-refractivity contribution is 0.282. The van der Waals surface area contributed by atoms with Crippen LogP contribution in [0, 0.1) is 6.92 Å². The molecule has 2 aromatic carbocycles. The Labute approximate surface area is 116 Å². The summed E-state index contributed by atoms with van der Waals surface area (Å²) in [5, 5.41) is 12.4. The van der Waals surface area contributed by atoms with Crippen LogP contribution in [0.25, 0.3) is 0 Å². The smallest absolute Gasteiger partial charge is 0.0681 e. The van der Waals surface area contributed by atoms with Crippen LogP contribution in [0.3, 0.4) is 0 Å². The van der Waals surface area contributed by atoms with Gasteiger partial charge in [-0.15, -0.1) is 0 Å². The van der Waals surface area contributed by atoms with Crippen LogP contribution in [-0.4, -0.2) is 5.11 Å². The monoisotopic (exact) mass is 305 g/mol. The summed E-state index contributed by atoms with van der Waals surface area (Å²) in [6.07, 6.45) is 0. The molecule has 0 aromatic heterocycles. The van der Waals surface area contributed by atoms with Crippen molar-refractivity contribution in [3.63, 3.8) is 0 Å². The summed E-state index contributed by atoms with van der Waals surface area (Å²) in [6, 6.07) is 14.2. The second-order valence-corrected chi connectivity index (χ2v) is 5.26. The number of halogens is 1. The number of hydrogen-bond donors (Lipinski definition) is 2. The van der Waals surface area contributed by atoms with Crippen LogP contribution in [-0.2, 0) is 13.2 Å². The van der Waals surface area contributed by atoms with Crippen LogP contribution >= 0.6 is 15.9 Å². The Morgan fingerprint density at radius 3 is 2.33 bits per heavy atom. The fourth-order valence-corrected chi connectivity index (χ4v) is 2.41. The van der Waals surface area contributed by atoms with Crippen molar-refractivity contribution in [1.82, 2.24) is 0 Å². The molecule has 2 N–H and O–H groups in total. The first kappa shape index (κ1) is 13.1. The van der Waals surface area contributed by atoms with Gasteiger partial charge in [0.15, 0.2) is 0 Å². The minimum absolute atomic E-state index is 0.0958. The lowest BCUT2D eigenvalue weighted by atomic mass is 10.1. The zero-order chi connectivity index (χ0) is 13.0. The molecule has 2 aromatic rings. The number of aliphatic hydroxyl groups is 1. The third-order valence-electron chi connectivity index (χ3n) is 2.74. The maximum absolute atomic E-state index is 8.98. The molecular formula is C15H16BrNO. The summed E-state index contributed by atoms with van der Waals surface area (Å²) < 4.78 is 1.08. The molecule has 0 spiro atoms. The molecule has 0 aliphatic carbocycles. The number of benzene rings is 2. The molecule has 0 radical (unpaired) electrons. The van der Waals surface area contributed by atoms with Gasteiger partial charge >= 0.3 is 0 Å². The number of aryl methyl sites for hydroxylation is 1. The minimum Gasteiger partial charge on any atom is -0.392 e. The molecule has 0 aliphatic heterocycles. The fraction of sp³-hybridized carbons (Fsp3) is 0.200. The van der Waals surface area contributed by atoms with Gasteiger partial charge in [0.1, 0.15) is 0 Å². The van der Waals surface area contributed by atoms with Crippen molar-refractivity contribution in [1.29, 1.82) is 0 Å². The largest absolute Gasteiger partial charge is 0.392 e. The number of anilines is 1. The molecule has 0 saturated heterocycles. The Bertz CT molecular complexity index is 502. The van der Waals surface area contributed by atoms with Crippen molar-refractivity contribution in [3.05, 3.63) is 63.6 Å². The lowest BCUT2D eigenvalue weighted by Gasteiger charge is -2.08. The van der Waals surface area contributed by atoms with E-state index in [-0.39, 0.29) is 6.61 Å². The normalized spacial score (nSPS) is 10.4. The van der Waals surface area contributed by atoms with Gasteiger partial charge in [0.05, 0.1) is 6.61 Å². The standard InChI is InChI=1S/C15H16BrNO/c1-11-6-14(16)8-15(7-11)17-9-12-2-4-13(10-18)5-3-12/h2-8,17-18H,9-10H2,1H3. The Morgan fingerprint density at radius 1 is 1.06 bits per heavy atom. The van der Waals surface area contributed by atoms with Crippen LogP contribution in [0.4, 0.5) is 5.69 Å². The summed E-state index contributed by atoms with van der Waals surface area (Å²) in [4.78, 5) is 0. The maximum Gasteiger partial charge on any atom is 0.0681 e. The molecule has 94 valence electrons. The molecule has 0 bridgehead atoms. The Morgan fingerprint density at radius 2 is 1.72 bits per heavy atom. The van der Waals surface area contributed by atoms with Gasteiger partial charge in [-0.1, -0.05) is 40.2 Å². The summed E-state index contributed by atoms with van der Waals surface area (Å²) in [5.74, 6) is 0. The molecule has 0 atom stereocenters. The predicted octanol–water partition coefficient (Wildman–Crippen LogP) is 3.86. The van der Waals surface area contributed by atoms with E-state index in [1.54, 1.807) is 0 Å². The van der Waals surface area contributed by atoms with Gasteiger partial charge in [-0.2, -0.15) is 0 Å². The van der Waals surface area contributed by atoms with Gasteiger partial charge in [-0.3, -0.25) is 0 Å². The van der Waals surface area contributed by atoms with Crippen molar-refractivity contribution in [2.75, 3.05) is 5.32 Å². The molecule has 2 nitrogen and oxygen atoms in total. The third-order valence-corrected chi connectivity index (χ3v) is 3.20. The highest BCUT2D eigenvalue weighted by Gasteiger charge is 1.98. The quantitative estimate of drug-likeness (QED) is 0.899. The number of hydrogen-bond acceptors (Lipinski definition) is 2. The zero-order valence-corrected chi connectivity index (χ0v) is 11.9. The molecule has 0 fully saturated rings. The van der Waals surface area contributed by atoms with E-state index >= 15 is 0 Å². The van der Waals surface area contributed by atoms with E-state index in [1.807, 2.05) is 24.3 Å². The van der Waals surface area contributed by atoms with Crippen molar-refractivity contribution >= 4 is 21.6 Å². The van der Waals surface area contributed by atoms with E-state index in [4.69, 9.17) is 5.11 Å². The maximum atomic E-state index is 8.98. The average Bonchev–Trinajstić information content (AvgIpc) is 2.36. The molecule has 3 heteroatoms. The molecule has 18 heavy (non-hydrogen) atoms. The summed E-state index contributed by atoms with van der Waals surface area (Å²) in [6.45, 7) is 2.95. The highest BCUT2D eigenvalue weighted by molar-refractivity contribution is 9.10. The topological polar surface area (TPSA) is 32.3 Å². The first-order chi connectivity index (χ1) is 8.67. The molecule has 0 unspecified atom stereocenters. The van der Waals surface area contributed by atoms with Crippen LogP contribution in [0.5, 0.6) is 0 Å². The second-order valence-electron chi connectivity index (χ2n) is 4.35. The molecule has 0 heterocycles. The first-order valence-electron chi connectivity index (χ1n) is 5.87. The van der Waals surface area contributed by atoms with Gasteiger partial charge < -0.3 is 10.4 Å². The van der Waals surface area contributed by atoms with Gasteiger partial charge in [0.2, 0.25) is 0 Å². The summed E-state index contributed by atoms with van der Waals surface area (Å²) in [7, 11) is 0. The molecule has 2 rings (SSSR count). The molecule has 0 amide bonds. The number of nitrogens with one attached hydrogen (secondary N) is 1. The fourth-order valence-electron chi connectivity index (χ4n) is 1.81.